The number of benzene rings is 1. The molecule has 0 unspecified atom stereocenters. The zero-order valence-corrected chi connectivity index (χ0v) is 12.2. The Morgan fingerprint density at radius 3 is 2.43 bits per heavy atom. The van der Waals surface area contributed by atoms with Gasteiger partial charge in [-0.25, -0.2) is 9.37 Å². The van der Waals surface area contributed by atoms with Crippen molar-refractivity contribution in [2.45, 2.75) is 18.5 Å². The van der Waals surface area contributed by atoms with E-state index in [0.29, 0.717) is 37.2 Å². The van der Waals surface area contributed by atoms with Gasteiger partial charge in [0.1, 0.15) is 10.7 Å². The summed E-state index contributed by atoms with van der Waals surface area (Å²) >= 11 is 5.94. The Morgan fingerprint density at radius 1 is 1.10 bits per heavy atom. The third kappa shape index (κ3) is 2.72. The monoisotopic (exact) mass is 308 g/mol. The third-order valence-electron chi connectivity index (χ3n) is 4.01. The van der Waals surface area contributed by atoms with E-state index in [2.05, 4.69) is 4.98 Å². The molecular weight excluding hydrogens is 294 g/mol. The van der Waals surface area contributed by atoms with Crippen LogP contribution >= 0.6 is 11.6 Å². The van der Waals surface area contributed by atoms with E-state index >= 15 is 4.39 Å². The van der Waals surface area contributed by atoms with Crippen LogP contribution in [-0.4, -0.2) is 18.1 Å². The molecule has 0 aliphatic carbocycles. The van der Waals surface area contributed by atoms with Crippen LogP contribution in [-0.2, 0) is 5.67 Å². The van der Waals surface area contributed by atoms with E-state index in [1.807, 2.05) is 35.2 Å². The van der Waals surface area contributed by atoms with Gasteiger partial charge >= 0.3 is 0 Å². The van der Waals surface area contributed by atoms with E-state index in [1.54, 1.807) is 6.07 Å². The quantitative estimate of drug-likeness (QED) is 0.767. The second kappa shape index (κ2) is 5.60. The fourth-order valence-corrected chi connectivity index (χ4v) is 3.01. The number of rotatable bonds is 2. The number of aromatic nitrogens is 1. The maximum atomic E-state index is 15.0. The molecular formula is C16H15ClF2N2. The molecule has 0 atom stereocenters. The average molecular weight is 309 g/mol. The van der Waals surface area contributed by atoms with Gasteiger partial charge in [-0.1, -0.05) is 41.9 Å². The first kappa shape index (κ1) is 14.3. The smallest absolute Gasteiger partial charge is 0.233 e. The van der Waals surface area contributed by atoms with Crippen molar-refractivity contribution in [2.24, 2.45) is 0 Å². The minimum atomic E-state index is -1.32. The lowest BCUT2D eigenvalue weighted by Gasteiger charge is -2.38. The Labute approximate surface area is 127 Å². The van der Waals surface area contributed by atoms with Crippen LogP contribution < -0.4 is 4.90 Å². The average Bonchev–Trinajstić information content (AvgIpc) is 2.52. The van der Waals surface area contributed by atoms with Gasteiger partial charge in [0.15, 0.2) is 0 Å². The molecule has 2 nitrogen and oxygen atoms in total. The van der Waals surface area contributed by atoms with Crippen LogP contribution in [0.25, 0.3) is 0 Å². The van der Waals surface area contributed by atoms with Gasteiger partial charge < -0.3 is 4.90 Å². The van der Waals surface area contributed by atoms with Crippen molar-refractivity contribution in [3.63, 3.8) is 0 Å². The molecule has 1 aromatic carbocycles. The minimum absolute atomic E-state index is 0.00330. The van der Waals surface area contributed by atoms with Gasteiger partial charge in [-0.05, 0) is 11.6 Å². The fourth-order valence-electron chi connectivity index (χ4n) is 2.78. The van der Waals surface area contributed by atoms with E-state index in [0.717, 1.165) is 0 Å². The summed E-state index contributed by atoms with van der Waals surface area (Å²) in [5.41, 5.74) is -0.0357. The van der Waals surface area contributed by atoms with Crippen molar-refractivity contribution < 1.29 is 8.78 Å². The molecule has 1 fully saturated rings. The molecule has 0 radical (unpaired) electrons. The molecule has 0 amide bonds. The molecule has 0 N–H and O–H groups in total. The number of halogens is 3. The largest absolute Gasteiger partial charge is 0.370 e. The molecule has 0 bridgehead atoms. The number of anilines is 1. The first-order valence-electron chi connectivity index (χ1n) is 6.89. The summed E-state index contributed by atoms with van der Waals surface area (Å²) < 4.78 is 28.4. The number of pyridine rings is 1. The number of hydrogen-bond acceptors (Lipinski definition) is 2. The van der Waals surface area contributed by atoms with Crippen LogP contribution in [0.5, 0.6) is 0 Å². The Morgan fingerprint density at radius 2 is 1.76 bits per heavy atom. The van der Waals surface area contributed by atoms with E-state index in [4.69, 9.17) is 11.6 Å². The molecule has 1 saturated heterocycles. The van der Waals surface area contributed by atoms with Crippen molar-refractivity contribution in [1.29, 1.82) is 0 Å². The van der Waals surface area contributed by atoms with Gasteiger partial charge in [-0.2, -0.15) is 4.39 Å². The predicted octanol–water partition coefficient (Wildman–Crippen LogP) is 4.34. The first-order chi connectivity index (χ1) is 10.1. The minimum Gasteiger partial charge on any atom is -0.370 e. The zero-order chi connectivity index (χ0) is 14.9. The summed E-state index contributed by atoms with van der Waals surface area (Å²) in [6.45, 7) is 0.989. The number of alkyl halides is 1. The summed E-state index contributed by atoms with van der Waals surface area (Å²) in [7, 11) is 0. The zero-order valence-electron chi connectivity index (χ0n) is 11.4. The van der Waals surface area contributed by atoms with Crippen molar-refractivity contribution in [3.05, 3.63) is 59.1 Å². The van der Waals surface area contributed by atoms with Crippen LogP contribution in [0.2, 0.25) is 5.02 Å². The highest BCUT2D eigenvalue weighted by atomic mass is 35.5. The summed E-state index contributed by atoms with van der Waals surface area (Å²) in [5, 5.41) is 0.00330. The van der Waals surface area contributed by atoms with Gasteiger partial charge in [0.25, 0.3) is 0 Å². The van der Waals surface area contributed by atoms with Crippen LogP contribution in [0.1, 0.15) is 18.4 Å². The topological polar surface area (TPSA) is 16.1 Å². The lowest BCUT2D eigenvalue weighted by molar-refractivity contribution is 0.125. The lowest BCUT2D eigenvalue weighted by atomic mass is 9.86. The number of piperidine rings is 1. The van der Waals surface area contributed by atoms with Crippen molar-refractivity contribution in [2.75, 3.05) is 18.0 Å². The first-order valence-corrected chi connectivity index (χ1v) is 7.27. The Bertz CT molecular complexity index is 625. The Hall–Kier alpha value is -1.68. The van der Waals surface area contributed by atoms with E-state index < -0.39 is 11.6 Å². The van der Waals surface area contributed by atoms with E-state index in [9.17, 15) is 4.39 Å². The molecule has 1 aliphatic heterocycles. The van der Waals surface area contributed by atoms with Gasteiger partial charge in [-0.3, -0.25) is 0 Å². The molecule has 0 saturated carbocycles. The molecule has 0 spiro atoms. The van der Waals surface area contributed by atoms with Crippen molar-refractivity contribution >= 4 is 17.3 Å². The Kier molecular flexibility index (Phi) is 3.81. The number of hydrogen-bond donors (Lipinski definition) is 0. The second-order valence-electron chi connectivity index (χ2n) is 5.25. The second-order valence-corrected chi connectivity index (χ2v) is 5.63. The highest BCUT2D eigenvalue weighted by molar-refractivity contribution is 6.33. The number of nitrogens with zero attached hydrogens (tertiary/aromatic N) is 2. The van der Waals surface area contributed by atoms with Gasteiger partial charge in [0.05, 0.1) is 5.69 Å². The molecule has 1 aromatic heterocycles. The van der Waals surface area contributed by atoms with Gasteiger partial charge in [0, 0.05) is 32.1 Å². The lowest BCUT2D eigenvalue weighted by Crippen LogP contribution is -2.40. The maximum absolute atomic E-state index is 15.0. The highest BCUT2D eigenvalue weighted by Crippen LogP contribution is 2.39. The van der Waals surface area contributed by atoms with Crippen LogP contribution in [0.4, 0.5) is 14.5 Å². The van der Waals surface area contributed by atoms with Gasteiger partial charge in [-0.15, -0.1) is 0 Å². The van der Waals surface area contributed by atoms with E-state index in [1.165, 1.54) is 6.20 Å². The van der Waals surface area contributed by atoms with Gasteiger partial charge in [0.2, 0.25) is 5.95 Å². The fraction of sp³-hybridized carbons (Fsp3) is 0.312. The third-order valence-corrected chi connectivity index (χ3v) is 4.36. The van der Waals surface area contributed by atoms with Crippen molar-refractivity contribution in [1.82, 2.24) is 4.98 Å². The maximum Gasteiger partial charge on any atom is 0.233 e. The highest BCUT2D eigenvalue weighted by Gasteiger charge is 2.36. The predicted molar refractivity (Wildman–Crippen MR) is 79.9 cm³/mol. The molecule has 2 aromatic rings. The molecule has 110 valence electrons. The Balaban J connectivity index is 1.78. The normalized spacial score (nSPS) is 17.8. The standard InChI is InChI=1S/C16H15ClF2N2/c17-14-13(6-9-20-15(14)18)21-10-7-16(19,8-11-21)12-4-2-1-3-5-12/h1-6,9H,7-8,10-11H2. The summed E-state index contributed by atoms with van der Waals surface area (Å²) in [4.78, 5) is 5.42. The van der Waals surface area contributed by atoms with Crippen LogP contribution in [0.15, 0.2) is 42.6 Å². The summed E-state index contributed by atoms with van der Waals surface area (Å²) in [5.74, 6) is -0.686. The van der Waals surface area contributed by atoms with Crippen molar-refractivity contribution in [3.8, 4) is 0 Å². The molecule has 2 heterocycles. The molecule has 1 aliphatic rings. The summed E-state index contributed by atoms with van der Waals surface area (Å²) in [6, 6.07) is 10.9. The summed E-state index contributed by atoms with van der Waals surface area (Å²) in [6.07, 6.45) is 2.10. The SMILES string of the molecule is Fc1nccc(N2CCC(F)(c3ccccc3)CC2)c1Cl. The van der Waals surface area contributed by atoms with E-state index in [-0.39, 0.29) is 5.02 Å². The molecule has 3 rings (SSSR count). The van der Waals surface area contributed by atoms with Crippen LogP contribution in [0.3, 0.4) is 0 Å². The van der Waals surface area contributed by atoms with Crippen LogP contribution in [0, 0.1) is 5.95 Å². The molecule has 21 heavy (non-hydrogen) atoms. The molecule has 5 heteroatoms.